The molecule has 1 N–H and O–H groups in total. The summed E-state index contributed by atoms with van der Waals surface area (Å²) in [6.07, 6.45) is 0. The van der Waals surface area contributed by atoms with E-state index in [1.54, 1.807) is 6.92 Å². The fraction of sp³-hybridized carbons (Fsp3) is 0.471. The van der Waals surface area contributed by atoms with Gasteiger partial charge in [-0.1, -0.05) is 36.9 Å². The fourth-order valence-corrected chi connectivity index (χ4v) is 2.37. The number of quaternary nitrogens is 1. The average Bonchev–Trinajstić information content (AvgIpc) is 2.47. The first-order valence-corrected chi connectivity index (χ1v) is 7.35. The second-order valence-corrected chi connectivity index (χ2v) is 5.38. The lowest BCUT2D eigenvalue weighted by Gasteiger charge is -2.37. The van der Waals surface area contributed by atoms with Gasteiger partial charge in [-0.15, -0.1) is 0 Å². The number of rotatable bonds is 8. The minimum Gasteiger partial charge on any atom is -0.347 e. The van der Waals surface area contributed by atoms with Gasteiger partial charge in [0.05, 0.1) is 26.2 Å². The molecule has 20 heavy (non-hydrogen) atoms. The summed E-state index contributed by atoms with van der Waals surface area (Å²) in [4.78, 5) is 11.5. The van der Waals surface area contributed by atoms with E-state index in [2.05, 4.69) is 50.0 Å². The van der Waals surface area contributed by atoms with Gasteiger partial charge < -0.3 is 9.80 Å². The van der Waals surface area contributed by atoms with Crippen molar-refractivity contribution in [1.82, 2.24) is 5.32 Å². The van der Waals surface area contributed by atoms with Gasteiger partial charge in [0.1, 0.15) is 6.54 Å². The van der Waals surface area contributed by atoms with Crippen LogP contribution < -0.4 is 5.32 Å². The minimum absolute atomic E-state index is 0.0463. The Kier molecular flexibility index (Phi) is 6.46. The Hall–Kier alpha value is -1.61. The van der Waals surface area contributed by atoms with Gasteiger partial charge in [-0.05, 0) is 20.8 Å². The predicted octanol–water partition coefficient (Wildman–Crippen LogP) is 2.74. The Labute approximate surface area is 122 Å². The van der Waals surface area contributed by atoms with Crippen LogP contribution in [0.5, 0.6) is 0 Å². The standard InChI is InChI=1S/C17H26N2O/c1-5-19(6-2,13-12-18-17(20)15(3)4)14-16-10-8-7-9-11-16/h7-11H,3,5-6,12-14H2,1-2,4H3/p+1. The van der Waals surface area contributed by atoms with Crippen LogP contribution in [-0.2, 0) is 11.3 Å². The number of carbonyl (C=O) groups excluding carboxylic acids is 1. The molecule has 0 fully saturated rings. The summed E-state index contributed by atoms with van der Waals surface area (Å²) in [6, 6.07) is 10.6. The summed E-state index contributed by atoms with van der Waals surface area (Å²) in [5.41, 5.74) is 1.92. The van der Waals surface area contributed by atoms with E-state index in [9.17, 15) is 4.79 Å². The molecule has 1 aromatic carbocycles. The first-order valence-electron chi connectivity index (χ1n) is 7.35. The molecule has 3 nitrogen and oxygen atoms in total. The van der Waals surface area contributed by atoms with Crippen molar-refractivity contribution in [2.45, 2.75) is 27.3 Å². The minimum atomic E-state index is -0.0463. The zero-order valence-corrected chi connectivity index (χ0v) is 13.0. The van der Waals surface area contributed by atoms with Crippen LogP contribution in [0, 0.1) is 0 Å². The molecule has 0 aliphatic heterocycles. The van der Waals surface area contributed by atoms with Crippen molar-refractivity contribution in [3.63, 3.8) is 0 Å². The van der Waals surface area contributed by atoms with Crippen LogP contribution in [-0.4, -0.2) is 36.6 Å². The van der Waals surface area contributed by atoms with Crippen molar-refractivity contribution in [3.8, 4) is 0 Å². The molecular formula is C17H27N2O+. The number of hydrogen-bond acceptors (Lipinski definition) is 1. The summed E-state index contributed by atoms with van der Waals surface area (Å²) < 4.78 is 0.987. The van der Waals surface area contributed by atoms with Crippen molar-refractivity contribution < 1.29 is 9.28 Å². The van der Waals surface area contributed by atoms with Crippen molar-refractivity contribution >= 4 is 5.91 Å². The van der Waals surface area contributed by atoms with Crippen LogP contribution in [0.3, 0.4) is 0 Å². The smallest absolute Gasteiger partial charge is 0.246 e. The molecule has 0 saturated heterocycles. The Morgan fingerprint density at radius 1 is 1.20 bits per heavy atom. The second-order valence-electron chi connectivity index (χ2n) is 5.38. The molecule has 0 bridgehead atoms. The van der Waals surface area contributed by atoms with Crippen molar-refractivity contribution in [3.05, 3.63) is 48.0 Å². The SMILES string of the molecule is C=C(C)C(=O)NCC[N+](CC)(CC)Cc1ccccc1. The van der Waals surface area contributed by atoms with E-state index >= 15 is 0 Å². The first-order chi connectivity index (χ1) is 9.53. The summed E-state index contributed by atoms with van der Waals surface area (Å²) in [6.45, 7) is 14.6. The van der Waals surface area contributed by atoms with E-state index in [0.29, 0.717) is 12.1 Å². The lowest BCUT2D eigenvalue weighted by atomic mass is 10.1. The number of nitrogens with zero attached hydrogens (tertiary/aromatic N) is 1. The third-order valence-corrected chi connectivity index (χ3v) is 3.96. The molecule has 0 atom stereocenters. The maximum absolute atomic E-state index is 11.5. The van der Waals surface area contributed by atoms with Crippen LogP contribution in [0.4, 0.5) is 0 Å². The maximum Gasteiger partial charge on any atom is 0.246 e. The van der Waals surface area contributed by atoms with E-state index in [4.69, 9.17) is 0 Å². The lowest BCUT2D eigenvalue weighted by molar-refractivity contribution is -0.936. The third-order valence-electron chi connectivity index (χ3n) is 3.96. The van der Waals surface area contributed by atoms with Gasteiger partial charge >= 0.3 is 0 Å². The van der Waals surface area contributed by atoms with Gasteiger partial charge in [0.15, 0.2) is 0 Å². The van der Waals surface area contributed by atoms with Crippen LogP contribution in [0.1, 0.15) is 26.3 Å². The van der Waals surface area contributed by atoms with Gasteiger partial charge in [0.2, 0.25) is 5.91 Å². The summed E-state index contributed by atoms with van der Waals surface area (Å²) in [5.74, 6) is -0.0463. The van der Waals surface area contributed by atoms with Crippen LogP contribution in [0.2, 0.25) is 0 Å². The lowest BCUT2D eigenvalue weighted by Crippen LogP contribution is -2.51. The van der Waals surface area contributed by atoms with Gasteiger partial charge in [-0.25, -0.2) is 0 Å². The van der Waals surface area contributed by atoms with Crippen LogP contribution in [0.15, 0.2) is 42.5 Å². The summed E-state index contributed by atoms with van der Waals surface area (Å²) in [7, 11) is 0. The van der Waals surface area contributed by atoms with E-state index < -0.39 is 0 Å². The second kappa shape index (κ2) is 7.85. The highest BCUT2D eigenvalue weighted by molar-refractivity contribution is 5.91. The quantitative estimate of drug-likeness (QED) is 0.573. The Balaban J connectivity index is 2.62. The van der Waals surface area contributed by atoms with Gasteiger partial charge in [0.25, 0.3) is 0 Å². The van der Waals surface area contributed by atoms with Gasteiger partial charge in [-0.2, -0.15) is 0 Å². The van der Waals surface area contributed by atoms with Crippen LogP contribution in [0.25, 0.3) is 0 Å². The highest BCUT2D eigenvalue weighted by atomic mass is 16.1. The number of hydrogen-bond donors (Lipinski definition) is 1. The molecule has 0 saturated carbocycles. The number of amides is 1. The van der Waals surface area contributed by atoms with Crippen molar-refractivity contribution in [2.75, 3.05) is 26.2 Å². The normalized spacial score (nSPS) is 11.2. The molecule has 110 valence electrons. The molecule has 1 amide bonds. The topological polar surface area (TPSA) is 29.1 Å². The molecule has 1 rings (SSSR count). The van der Waals surface area contributed by atoms with E-state index in [1.807, 2.05) is 6.07 Å². The summed E-state index contributed by atoms with van der Waals surface area (Å²) in [5, 5.41) is 2.94. The largest absolute Gasteiger partial charge is 0.347 e. The maximum atomic E-state index is 11.5. The van der Waals surface area contributed by atoms with E-state index in [1.165, 1.54) is 5.56 Å². The zero-order valence-electron chi connectivity index (χ0n) is 13.0. The fourth-order valence-electron chi connectivity index (χ4n) is 2.37. The Morgan fingerprint density at radius 3 is 2.30 bits per heavy atom. The van der Waals surface area contributed by atoms with Crippen LogP contribution >= 0.6 is 0 Å². The van der Waals surface area contributed by atoms with Gasteiger partial charge in [0, 0.05) is 11.1 Å². The highest BCUT2D eigenvalue weighted by Gasteiger charge is 2.23. The molecule has 0 spiro atoms. The number of carbonyl (C=O) groups is 1. The van der Waals surface area contributed by atoms with Crippen molar-refractivity contribution in [1.29, 1.82) is 0 Å². The Morgan fingerprint density at radius 2 is 1.80 bits per heavy atom. The number of benzene rings is 1. The molecule has 0 heterocycles. The molecule has 0 unspecified atom stereocenters. The monoisotopic (exact) mass is 275 g/mol. The molecule has 0 radical (unpaired) electrons. The zero-order chi connectivity index (χ0) is 15.0. The highest BCUT2D eigenvalue weighted by Crippen LogP contribution is 2.13. The Bertz CT molecular complexity index is 436. The molecule has 0 aliphatic carbocycles. The molecule has 1 aromatic rings. The van der Waals surface area contributed by atoms with E-state index in [0.717, 1.165) is 30.7 Å². The van der Waals surface area contributed by atoms with Crippen molar-refractivity contribution in [2.24, 2.45) is 0 Å². The average molecular weight is 275 g/mol. The third kappa shape index (κ3) is 4.82. The molecule has 3 heteroatoms. The molecule has 0 aromatic heterocycles. The van der Waals surface area contributed by atoms with Gasteiger partial charge in [-0.3, -0.25) is 4.79 Å². The summed E-state index contributed by atoms with van der Waals surface area (Å²) >= 11 is 0. The first kappa shape index (κ1) is 16.4. The predicted molar refractivity (Wildman–Crippen MR) is 84.2 cm³/mol. The number of likely N-dealkylation sites (N-methyl/N-ethyl adjacent to an activating group) is 1. The molecular weight excluding hydrogens is 248 g/mol. The van der Waals surface area contributed by atoms with E-state index in [-0.39, 0.29) is 5.91 Å². The molecule has 0 aliphatic rings. The number of nitrogens with one attached hydrogen (secondary N) is 1.